The van der Waals surface area contributed by atoms with Gasteiger partial charge in [0.1, 0.15) is 11.5 Å². The molecule has 29 heavy (non-hydrogen) atoms. The zero-order valence-corrected chi connectivity index (χ0v) is 17.4. The van der Waals surface area contributed by atoms with E-state index in [1.807, 2.05) is 0 Å². The lowest BCUT2D eigenvalue weighted by molar-refractivity contribution is 0.402. The summed E-state index contributed by atoms with van der Waals surface area (Å²) in [4.78, 5) is 0. The molecule has 4 aromatic rings. The van der Waals surface area contributed by atoms with Crippen LogP contribution in [-0.2, 0) is 0 Å². The molecule has 0 fully saturated rings. The maximum absolute atomic E-state index is 5.77. The maximum Gasteiger partial charge on any atom is 0.123 e. The van der Waals surface area contributed by atoms with Crippen molar-refractivity contribution in [2.24, 2.45) is 0 Å². The largest absolute Gasteiger partial charge is 0.496 e. The third-order valence-corrected chi connectivity index (χ3v) is 5.50. The predicted molar refractivity (Wildman–Crippen MR) is 120 cm³/mol. The molecular formula is C27H26O2. The van der Waals surface area contributed by atoms with Crippen molar-refractivity contribution in [3.8, 4) is 11.5 Å². The van der Waals surface area contributed by atoms with Crippen molar-refractivity contribution in [3.63, 3.8) is 0 Å². The third-order valence-electron chi connectivity index (χ3n) is 5.50. The predicted octanol–water partition coefficient (Wildman–Crippen LogP) is 6.65. The van der Waals surface area contributed by atoms with E-state index in [1.165, 1.54) is 27.5 Å². The zero-order valence-electron chi connectivity index (χ0n) is 17.4. The minimum atomic E-state index is 0.00399. The van der Waals surface area contributed by atoms with Crippen LogP contribution in [0.2, 0.25) is 0 Å². The average molecular weight is 383 g/mol. The number of ether oxygens (including phenoxy) is 2. The molecule has 0 aliphatic carbocycles. The summed E-state index contributed by atoms with van der Waals surface area (Å²) in [6, 6.07) is 27.9. The SMILES string of the molecule is COc1ccc(C)cc1C(c1ccc2ccccc2c1)c1cc(C)ccc1OC. The molecule has 0 saturated heterocycles. The first-order chi connectivity index (χ1) is 14.1. The summed E-state index contributed by atoms with van der Waals surface area (Å²) in [5, 5.41) is 2.47. The Hall–Kier alpha value is -3.26. The van der Waals surface area contributed by atoms with Crippen molar-refractivity contribution in [1.82, 2.24) is 0 Å². The van der Waals surface area contributed by atoms with Crippen molar-refractivity contribution in [2.45, 2.75) is 19.8 Å². The highest BCUT2D eigenvalue weighted by Crippen LogP contribution is 2.42. The number of methoxy groups -OCH3 is 2. The summed E-state index contributed by atoms with van der Waals surface area (Å²) in [6.45, 7) is 4.24. The first-order valence-corrected chi connectivity index (χ1v) is 9.88. The Balaban J connectivity index is 2.02. The van der Waals surface area contributed by atoms with Gasteiger partial charge in [-0.05, 0) is 42.3 Å². The lowest BCUT2D eigenvalue weighted by Crippen LogP contribution is -2.08. The van der Waals surface area contributed by atoms with Gasteiger partial charge in [0.05, 0.1) is 14.2 Å². The van der Waals surface area contributed by atoms with Crippen LogP contribution in [0.15, 0.2) is 78.9 Å². The number of fused-ring (bicyclic) bond motifs is 1. The Morgan fingerprint density at radius 3 is 1.69 bits per heavy atom. The van der Waals surface area contributed by atoms with Gasteiger partial charge in [-0.15, -0.1) is 0 Å². The summed E-state index contributed by atoms with van der Waals surface area (Å²) < 4.78 is 11.5. The Kier molecular flexibility index (Phi) is 5.26. The fourth-order valence-electron chi connectivity index (χ4n) is 4.07. The Morgan fingerprint density at radius 1 is 0.586 bits per heavy atom. The lowest BCUT2D eigenvalue weighted by atomic mass is 9.82. The Labute approximate surface area is 172 Å². The van der Waals surface area contributed by atoms with E-state index in [2.05, 4.69) is 92.7 Å². The lowest BCUT2D eigenvalue weighted by Gasteiger charge is -2.24. The summed E-state index contributed by atoms with van der Waals surface area (Å²) in [5.41, 5.74) is 5.92. The monoisotopic (exact) mass is 382 g/mol. The normalized spacial score (nSPS) is 11.1. The smallest absolute Gasteiger partial charge is 0.123 e. The van der Waals surface area contributed by atoms with Gasteiger partial charge in [-0.25, -0.2) is 0 Å². The van der Waals surface area contributed by atoms with Gasteiger partial charge in [-0.1, -0.05) is 77.9 Å². The highest BCUT2D eigenvalue weighted by atomic mass is 16.5. The van der Waals surface area contributed by atoms with Crippen LogP contribution >= 0.6 is 0 Å². The number of rotatable bonds is 5. The van der Waals surface area contributed by atoms with Gasteiger partial charge < -0.3 is 9.47 Å². The second kappa shape index (κ2) is 8.00. The molecule has 0 spiro atoms. The van der Waals surface area contributed by atoms with E-state index >= 15 is 0 Å². The molecule has 0 unspecified atom stereocenters. The summed E-state index contributed by atoms with van der Waals surface area (Å²) in [7, 11) is 3.47. The molecule has 0 aromatic heterocycles. The molecule has 146 valence electrons. The third kappa shape index (κ3) is 3.71. The van der Waals surface area contributed by atoms with Crippen LogP contribution in [-0.4, -0.2) is 14.2 Å². The van der Waals surface area contributed by atoms with Crippen molar-refractivity contribution in [1.29, 1.82) is 0 Å². The molecule has 2 nitrogen and oxygen atoms in total. The minimum Gasteiger partial charge on any atom is -0.496 e. The maximum atomic E-state index is 5.77. The Bertz CT molecular complexity index is 1110. The van der Waals surface area contributed by atoms with Gasteiger partial charge in [0.2, 0.25) is 0 Å². The van der Waals surface area contributed by atoms with E-state index in [4.69, 9.17) is 9.47 Å². The number of benzene rings is 4. The molecule has 0 aliphatic heterocycles. The first kappa shape index (κ1) is 19.1. The molecule has 2 heteroatoms. The minimum absolute atomic E-state index is 0.00399. The van der Waals surface area contributed by atoms with Crippen LogP contribution in [0, 0.1) is 13.8 Å². The highest BCUT2D eigenvalue weighted by molar-refractivity contribution is 5.83. The standard InChI is InChI=1S/C27H26O2/c1-18-9-13-25(28-3)23(15-18)27(24-16-19(2)10-14-26(24)29-4)22-12-11-20-7-5-6-8-21(20)17-22/h5-17,27H,1-4H3. The van der Waals surface area contributed by atoms with Gasteiger partial charge in [0.15, 0.2) is 0 Å². The first-order valence-electron chi connectivity index (χ1n) is 9.88. The van der Waals surface area contributed by atoms with Gasteiger partial charge in [0, 0.05) is 17.0 Å². The van der Waals surface area contributed by atoms with Gasteiger partial charge in [-0.2, -0.15) is 0 Å². The molecule has 4 aromatic carbocycles. The molecule has 0 atom stereocenters. The van der Waals surface area contributed by atoms with E-state index in [0.29, 0.717) is 0 Å². The van der Waals surface area contributed by atoms with E-state index in [0.717, 1.165) is 22.6 Å². The van der Waals surface area contributed by atoms with Crippen molar-refractivity contribution >= 4 is 10.8 Å². The van der Waals surface area contributed by atoms with E-state index in [-0.39, 0.29) is 5.92 Å². The van der Waals surface area contributed by atoms with Crippen molar-refractivity contribution in [2.75, 3.05) is 14.2 Å². The van der Waals surface area contributed by atoms with Crippen LogP contribution in [0.1, 0.15) is 33.7 Å². The van der Waals surface area contributed by atoms with Gasteiger partial charge >= 0.3 is 0 Å². The van der Waals surface area contributed by atoms with E-state index < -0.39 is 0 Å². The molecular weight excluding hydrogens is 356 g/mol. The number of hydrogen-bond acceptors (Lipinski definition) is 2. The molecule has 0 aliphatic rings. The number of hydrogen-bond donors (Lipinski definition) is 0. The zero-order chi connectivity index (χ0) is 20.4. The quantitative estimate of drug-likeness (QED) is 0.360. The number of aryl methyl sites for hydroxylation is 2. The van der Waals surface area contributed by atoms with Crippen LogP contribution in [0.3, 0.4) is 0 Å². The summed E-state index contributed by atoms with van der Waals surface area (Å²) >= 11 is 0. The fourth-order valence-corrected chi connectivity index (χ4v) is 4.07. The summed E-state index contributed by atoms with van der Waals surface area (Å²) in [6.07, 6.45) is 0. The molecule has 0 N–H and O–H groups in total. The molecule has 0 heterocycles. The second-order valence-electron chi connectivity index (χ2n) is 7.53. The second-order valence-corrected chi connectivity index (χ2v) is 7.53. The molecule has 4 rings (SSSR count). The van der Waals surface area contributed by atoms with Crippen molar-refractivity contribution in [3.05, 3.63) is 107 Å². The van der Waals surface area contributed by atoms with Crippen LogP contribution < -0.4 is 9.47 Å². The van der Waals surface area contributed by atoms with E-state index in [9.17, 15) is 0 Å². The van der Waals surface area contributed by atoms with Gasteiger partial charge in [-0.3, -0.25) is 0 Å². The average Bonchev–Trinajstić information content (AvgIpc) is 2.74. The molecule has 0 amide bonds. The topological polar surface area (TPSA) is 18.5 Å². The summed E-state index contributed by atoms with van der Waals surface area (Å²) in [5.74, 6) is 1.78. The van der Waals surface area contributed by atoms with Gasteiger partial charge in [0.25, 0.3) is 0 Å². The van der Waals surface area contributed by atoms with Crippen LogP contribution in [0.25, 0.3) is 10.8 Å². The molecule has 0 radical (unpaired) electrons. The van der Waals surface area contributed by atoms with Crippen molar-refractivity contribution < 1.29 is 9.47 Å². The Morgan fingerprint density at radius 2 is 1.14 bits per heavy atom. The molecule has 0 saturated carbocycles. The van der Waals surface area contributed by atoms with Crippen LogP contribution in [0.4, 0.5) is 0 Å². The highest BCUT2D eigenvalue weighted by Gasteiger charge is 2.24. The molecule has 0 bridgehead atoms. The fraction of sp³-hybridized carbons (Fsp3) is 0.185. The van der Waals surface area contributed by atoms with E-state index in [1.54, 1.807) is 14.2 Å². The van der Waals surface area contributed by atoms with Crippen LogP contribution in [0.5, 0.6) is 11.5 Å².